The maximum Gasteiger partial charge on any atom is 0.135 e. The van der Waals surface area contributed by atoms with Crippen molar-refractivity contribution in [3.8, 4) is 0 Å². The van der Waals surface area contributed by atoms with Crippen LogP contribution in [-0.4, -0.2) is 15.8 Å². The summed E-state index contributed by atoms with van der Waals surface area (Å²) in [5.41, 5.74) is 3.07. The topological polar surface area (TPSA) is 42.9 Å². The fraction of sp³-hybridized carbons (Fsp3) is 0.381. The summed E-state index contributed by atoms with van der Waals surface area (Å²) in [6.07, 6.45) is 6.61. The molecule has 3 aromatic rings. The number of unbranched alkanes of at least 4 members (excludes halogenated alkanes) is 2. The smallest absolute Gasteiger partial charge is 0.135 e. The molecule has 3 rings (SSSR count). The lowest BCUT2D eigenvalue weighted by atomic mass is 10.0. The molecule has 0 saturated heterocycles. The van der Waals surface area contributed by atoms with Crippen LogP contribution in [0.5, 0.6) is 0 Å². The predicted molar refractivity (Wildman–Crippen MR) is 99.1 cm³/mol. The molecule has 2 heterocycles. The van der Waals surface area contributed by atoms with Gasteiger partial charge in [0, 0.05) is 35.0 Å². The number of hydrogen-bond donors (Lipinski definition) is 0. The Kier molecular flexibility index (Phi) is 5.19. The number of pyridine rings is 2. The third-order valence-electron chi connectivity index (χ3n) is 4.49. The number of carbonyl (C=O) groups excluding carboxylic acids is 1. The zero-order chi connectivity index (χ0) is 16.9. The molecule has 0 unspecified atom stereocenters. The number of benzene rings is 1. The first-order chi connectivity index (χ1) is 11.6. The third-order valence-corrected chi connectivity index (χ3v) is 4.49. The van der Waals surface area contributed by atoms with Crippen molar-refractivity contribution in [3.05, 3.63) is 48.3 Å². The Morgan fingerprint density at radius 2 is 1.71 bits per heavy atom. The second-order valence-corrected chi connectivity index (χ2v) is 6.70. The molecular formula is C21H24N2O. The van der Waals surface area contributed by atoms with E-state index in [1.54, 1.807) is 0 Å². The summed E-state index contributed by atoms with van der Waals surface area (Å²) in [6.45, 7) is 3.94. The van der Waals surface area contributed by atoms with Crippen LogP contribution in [0, 0.1) is 5.92 Å². The van der Waals surface area contributed by atoms with Gasteiger partial charge in [-0.2, -0.15) is 0 Å². The fourth-order valence-electron chi connectivity index (χ4n) is 2.97. The van der Waals surface area contributed by atoms with Crippen LogP contribution >= 0.6 is 0 Å². The van der Waals surface area contributed by atoms with Gasteiger partial charge < -0.3 is 0 Å². The van der Waals surface area contributed by atoms with Gasteiger partial charge in [0.1, 0.15) is 5.78 Å². The maximum atomic E-state index is 11.6. The molecule has 0 aliphatic carbocycles. The van der Waals surface area contributed by atoms with Gasteiger partial charge in [-0.05, 0) is 31.4 Å². The number of rotatable bonds is 7. The first-order valence-corrected chi connectivity index (χ1v) is 8.81. The third kappa shape index (κ3) is 3.78. The molecule has 0 aliphatic heterocycles. The minimum absolute atomic E-state index is 0.160. The zero-order valence-electron chi connectivity index (χ0n) is 14.5. The molecule has 0 fully saturated rings. The molecule has 0 amide bonds. The monoisotopic (exact) mass is 320 g/mol. The number of carbonyl (C=O) groups is 1. The molecule has 0 atom stereocenters. The van der Waals surface area contributed by atoms with E-state index in [9.17, 15) is 4.79 Å². The lowest BCUT2D eigenvalue weighted by Gasteiger charge is -2.06. The zero-order valence-corrected chi connectivity index (χ0v) is 14.5. The molecule has 3 heteroatoms. The van der Waals surface area contributed by atoms with Crippen LogP contribution in [-0.2, 0) is 11.2 Å². The van der Waals surface area contributed by atoms with Crippen LogP contribution in [0.1, 0.15) is 45.2 Å². The lowest BCUT2D eigenvalue weighted by Crippen LogP contribution is -2.06. The first-order valence-electron chi connectivity index (χ1n) is 8.81. The molecule has 2 aromatic heterocycles. The van der Waals surface area contributed by atoms with Crippen molar-refractivity contribution in [3.63, 3.8) is 0 Å². The second kappa shape index (κ2) is 7.52. The van der Waals surface area contributed by atoms with Crippen molar-refractivity contribution in [1.82, 2.24) is 9.97 Å². The van der Waals surface area contributed by atoms with Crippen molar-refractivity contribution in [1.29, 1.82) is 0 Å². The SMILES string of the molecule is CC(C)C(=O)CCCCCc1ccc2ccc3cccnc3c2n1. The average molecular weight is 320 g/mol. The van der Waals surface area contributed by atoms with Crippen molar-refractivity contribution in [2.45, 2.75) is 46.0 Å². The summed E-state index contributed by atoms with van der Waals surface area (Å²) in [5.74, 6) is 0.532. The Hall–Kier alpha value is -2.29. The van der Waals surface area contributed by atoms with Gasteiger partial charge in [-0.25, -0.2) is 0 Å². The second-order valence-electron chi connectivity index (χ2n) is 6.70. The number of fused-ring (bicyclic) bond motifs is 3. The van der Waals surface area contributed by atoms with Gasteiger partial charge in [0.2, 0.25) is 0 Å². The molecule has 3 nitrogen and oxygen atoms in total. The molecule has 0 aliphatic rings. The molecular weight excluding hydrogens is 296 g/mol. The molecule has 124 valence electrons. The summed E-state index contributed by atoms with van der Waals surface area (Å²) in [7, 11) is 0. The maximum absolute atomic E-state index is 11.6. The van der Waals surface area contributed by atoms with Gasteiger partial charge in [0.25, 0.3) is 0 Å². The highest BCUT2D eigenvalue weighted by atomic mass is 16.1. The molecule has 0 bridgehead atoms. The molecule has 1 aromatic carbocycles. The first kappa shape index (κ1) is 16.6. The van der Waals surface area contributed by atoms with Gasteiger partial charge in [0.05, 0.1) is 11.0 Å². The minimum atomic E-state index is 0.160. The summed E-state index contributed by atoms with van der Waals surface area (Å²) in [4.78, 5) is 21.0. The fourth-order valence-corrected chi connectivity index (χ4v) is 2.97. The Labute approximate surface area is 143 Å². The Balaban J connectivity index is 1.65. The minimum Gasteiger partial charge on any atom is -0.299 e. The van der Waals surface area contributed by atoms with Crippen molar-refractivity contribution >= 4 is 27.6 Å². The van der Waals surface area contributed by atoms with Gasteiger partial charge >= 0.3 is 0 Å². The van der Waals surface area contributed by atoms with Gasteiger partial charge in [-0.1, -0.05) is 44.5 Å². The Bertz CT molecular complexity index is 855. The molecule has 24 heavy (non-hydrogen) atoms. The van der Waals surface area contributed by atoms with E-state index in [2.05, 4.69) is 35.3 Å². The van der Waals surface area contributed by atoms with Crippen molar-refractivity contribution in [2.75, 3.05) is 0 Å². The van der Waals surface area contributed by atoms with Gasteiger partial charge in [-0.3, -0.25) is 14.8 Å². The van der Waals surface area contributed by atoms with Crippen LogP contribution in [0.25, 0.3) is 21.8 Å². The quantitative estimate of drug-likeness (QED) is 0.449. The van der Waals surface area contributed by atoms with E-state index in [0.717, 1.165) is 53.2 Å². The standard InChI is InChI=1S/C21H24N2O/c1-15(2)19(24)9-5-3-4-8-18-13-12-17-11-10-16-7-6-14-22-20(16)21(17)23-18/h6-7,10-15H,3-5,8-9H2,1-2H3. The van der Waals surface area contributed by atoms with E-state index < -0.39 is 0 Å². The van der Waals surface area contributed by atoms with Crippen LogP contribution in [0.15, 0.2) is 42.6 Å². The van der Waals surface area contributed by atoms with Gasteiger partial charge in [0.15, 0.2) is 0 Å². The molecule has 0 radical (unpaired) electrons. The highest BCUT2D eigenvalue weighted by molar-refractivity contribution is 6.02. The Morgan fingerprint density at radius 1 is 0.958 bits per heavy atom. The van der Waals surface area contributed by atoms with Crippen molar-refractivity contribution < 1.29 is 4.79 Å². The van der Waals surface area contributed by atoms with E-state index >= 15 is 0 Å². The van der Waals surface area contributed by atoms with Crippen LogP contribution in [0.2, 0.25) is 0 Å². The summed E-state index contributed by atoms with van der Waals surface area (Å²) in [5, 5.41) is 2.26. The molecule has 0 spiro atoms. The number of aryl methyl sites for hydroxylation is 1. The number of ketones is 1. The number of Topliss-reactive ketones (excluding diaryl/α,β-unsaturated/α-hetero) is 1. The van der Waals surface area contributed by atoms with Crippen LogP contribution in [0.3, 0.4) is 0 Å². The molecule has 0 saturated carbocycles. The summed E-state index contributed by atoms with van der Waals surface area (Å²) >= 11 is 0. The normalized spacial score (nSPS) is 11.5. The average Bonchev–Trinajstić information content (AvgIpc) is 2.61. The van der Waals surface area contributed by atoms with E-state index in [0.29, 0.717) is 12.2 Å². The van der Waals surface area contributed by atoms with Crippen LogP contribution in [0.4, 0.5) is 0 Å². The largest absolute Gasteiger partial charge is 0.299 e. The van der Waals surface area contributed by atoms with Crippen LogP contribution < -0.4 is 0 Å². The van der Waals surface area contributed by atoms with Gasteiger partial charge in [-0.15, -0.1) is 0 Å². The number of aromatic nitrogens is 2. The number of nitrogens with zero attached hydrogens (tertiary/aromatic N) is 2. The highest BCUT2D eigenvalue weighted by Gasteiger charge is 2.07. The van der Waals surface area contributed by atoms with Crippen molar-refractivity contribution in [2.24, 2.45) is 5.92 Å². The predicted octanol–water partition coefficient (Wildman–Crippen LogP) is 5.11. The molecule has 0 N–H and O–H groups in total. The van der Waals surface area contributed by atoms with E-state index in [1.807, 2.05) is 26.1 Å². The van der Waals surface area contributed by atoms with E-state index in [4.69, 9.17) is 4.98 Å². The number of hydrogen-bond acceptors (Lipinski definition) is 3. The summed E-state index contributed by atoms with van der Waals surface area (Å²) < 4.78 is 0. The van der Waals surface area contributed by atoms with E-state index in [-0.39, 0.29) is 5.92 Å². The summed E-state index contributed by atoms with van der Waals surface area (Å²) in [6, 6.07) is 12.5. The van der Waals surface area contributed by atoms with E-state index in [1.165, 1.54) is 0 Å². The Morgan fingerprint density at radius 3 is 2.50 bits per heavy atom. The highest BCUT2D eigenvalue weighted by Crippen LogP contribution is 2.22. The lowest BCUT2D eigenvalue weighted by molar-refractivity contribution is -0.122.